The highest BCUT2D eigenvalue weighted by Crippen LogP contribution is 2.35. The molecular formula is C24H26N6O2. The van der Waals surface area contributed by atoms with Gasteiger partial charge < -0.3 is 25.1 Å². The molecule has 2 aromatic heterocycles. The van der Waals surface area contributed by atoms with Crippen molar-refractivity contribution in [1.29, 1.82) is 0 Å². The van der Waals surface area contributed by atoms with Gasteiger partial charge in [-0.25, -0.2) is 9.97 Å². The number of nitrogens with one attached hydrogen (secondary N) is 1. The smallest absolute Gasteiger partial charge is 0.227 e. The number of hydrogen-bond donors (Lipinski definition) is 2. The van der Waals surface area contributed by atoms with Crippen molar-refractivity contribution in [2.75, 3.05) is 37.9 Å². The van der Waals surface area contributed by atoms with Crippen molar-refractivity contribution in [3.8, 4) is 22.8 Å². The van der Waals surface area contributed by atoms with Crippen molar-refractivity contribution in [3.05, 3.63) is 54.5 Å². The van der Waals surface area contributed by atoms with Crippen LogP contribution in [-0.4, -0.2) is 47.2 Å². The highest BCUT2D eigenvalue weighted by Gasteiger charge is 2.26. The third kappa shape index (κ3) is 3.68. The van der Waals surface area contributed by atoms with Gasteiger partial charge in [0.15, 0.2) is 11.5 Å². The quantitative estimate of drug-likeness (QED) is 0.493. The summed E-state index contributed by atoms with van der Waals surface area (Å²) in [6.07, 6.45) is 4.00. The van der Waals surface area contributed by atoms with E-state index in [1.54, 1.807) is 14.2 Å². The van der Waals surface area contributed by atoms with Gasteiger partial charge >= 0.3 is 0 Å². The van der Waals surface area contributed by atoms with E-state index in [2.05, 4.69) is 32.0 Å². The van der Waals surface area contributed by atoms with Crippen LogP contribution in [-0.2, 0) is 0 Å². The number of anilines is 2. The zero-order chi connectivity index (χ0) is 22.1. The highest BCUT2D eigenvalue weighted by atomic mass is 16.5. The molecule has 0 saturated carbocycles. The van der Waals surface area contributed by atoms with Gasteiger partial charge in [-0.1, -0.05) is 30.3 Å². The zero-order valence-electron chi connectivity index (χ0n) is 18.2. The number of hydrogen-bond acceptors (Lipinski definition) is 7. The molecule has 32 heavy (non-hydrogen) atoms. The first-order valence-corrected chi connectivity index (χ1v) is 10.7. The Hall–Kier alpha value is -3.81. The molecule has 2 aromatic carbocycles. The molecule has 0 radical (unpaired) electrons. The molecule has 1 atom stereocenters. The van der Waals surface area contributed by atoms with Gasteiger partial charge in [0.1, 0.15) is 11.6 Å². The molecule has 4 aromatic rings. The first kappa shape index (κ1) is 20.1. The van der Waals surface area contributed by atoms with Gasteiger partial charge in [0, 0.05) is 30.5 Å². The second-order valence-corrected chi connectivity index (χ2v) is 7.97. The van der Waals surface area contributed by atoms with E-state index in [0.717, 1.165) is 53.9 Å². The minimum atomic E-state index is 0.270. The van der Waals surface area contributed by atoms with Crippen LogP contribution in [0.25, 0.3) is 22.2 Å². The Morgan fingerprint density at radius 3 is 2.62 bits per heavy atom. The molecule has 8 heteroatoms. The molecule has 1 fully saturated rings. The Kier molecular flexibility index (Phi) is 5.26. The summed E-state index contributed by atoms with van der Waals surface area (Å²) < 4.78 is 10.8. The number of nitrogens with zero attached hydrogens (tertiary/aromatic N) is 4. The summed E-state index contributed by atoms with van der Waals surface area (Å²) >= 11 is 0. The average molecular weight is 431 g/mol. The Bertz CT molecular complexity index is 1240. The van der Waals surface area contributed by atoms with E-state index >= 15 is 0 Å². The van der Waals surface area contributed by atoms with E-state index in [0.29, 0.717) is 23.3 Å². The van der Waals surface area contributed by atoms with E-state index in [9.17, 15) is 0 Å². The standard InChI is InChI=1S/C24H26N6O2/c1-31-20-11-17-18(12-21(20)32-2)28-24(29-22(17)25)30-10-6-9-16(14-30)23-26-13-19(27-23)15-7-4-3-5-8-15/h3-5,7-8,11-13,16H,6,9-10,14H2,1-2H3,(H,26,27)(H2,25,28,29). The largest absolute Gasteiger partial charge is 0.493 e. The number of fused-ring (bicyclic) bond motifs is 1. The predicted molar refractivity (Wildman–Crippen MR) is 125 cm³/mol. The fraction of sp³-hybridized carbons (Fsp3) is 0.292. The number of imidazole rings is 1. The molecule has 5 rings (SSSR count). The van der Waals surface area contributed by atoms with E-state index in [4.69, 9.17) is 20.2 Å². The Labute approximate surface area is 186 Å². The average Bonchev–Trinajstić information content (AvgIpc) is 3.34. The number of aromatic amines is 1. The first-order chi connectivity index (χ1) is 15.7. The molecular weight excluding hydrogens is 404 g/mol. The second kappa shape index (κ2) is 8.37. The van der Waals surface area contributed by atoms with Crippen LogP contribution in [0.15, 0.2) is 48.7 Å². The number of aromatic nitrogens is 4. The van der Waals surface area contributed by atoms with Crippen molar-refractivity contribution in [2.24, 2.45) is 0 Å². The molecule has 164 valence electrons. The lowest BCUT2D eigenvalue weighted by molar-refractivity contribution is 0.356. The number of methoxy groups -OCH3 is 2. The fourth-order valence-electron chi connectivity index (χ4n) is 4.30. The number of nitrogens with two attached hydrogens (primary N) is 1. The van der Waals surface area contributed by atoms with Crippen LogP contribution < -0.4 is 20.1 Å². The van der Waals surface area contributed by atoms with E-state index in [1.807, 2.05) is 36.5 Å². The highest BCUT2D eigenvalue weighted by molar-refractivity contribution is 5.91. The minimum absolute atomic E-state index is 0.270. The maximum atomic E-state index is 6.30. The van der Waals surface area contributed by atoms with Crippen molar-refractivity contribution < 1.29 is 9.47 Å². The van der Waals surface area contributed by atoms with Crippen LogP contribution in [0.3, 0.4) is 0 Å². The van der Waals surface area contributed by atoms with Gasteiger partial charge in [0.2, 0.25) is 5.95 Å². The molecule has 1 saturated heterocycles. The van der Waals surface area contributed by atoms with Crippen LogP contribution in [0.1, 0.15) is 24.6 Å². The van der Waals surface area contributed by atoms with Crippen molar-refractivity contribution >= 4 is 22.7 Å². The molecule has 1 aliphatic rings. The normalized spacial score (nSPS) is 16.3. The lowest BCUT2D eigenvalue weighted by atomic mass is 9.97. The molecule has 0 aliphatic carbocycles. The molecule has 0 amide bonds. The second-order valence-electron chi connectivity index (χ2n) is 7.97. The lowest BCUT2D eigenvalue weighted by Gasteiger charge is -2.32. The number of nitrogen functional groups attached to an aromatic ring is 1. The molecule has 0 spiro atoms. The molecule has 3 heterocycles. The molecule has 0 bridgehead atoms. The third-order valence-corrected chi connectivity index (χ3v) is 5.99. The summed E-state index contributed by atoms with van der Waals surface area (Å²) in [6.45, 7) is 1.65. The number of benzene rings is 2. The zero-order valence-corrected chi connectivity index (χ0v) is 18.2. The van der Waals surface area contributed by atoms with Gasteiger partial charge in [-0.05, 0) is 24.5 Å². The topological polar surface area (TPSA) is 102 Å². The van der Waals surface area contributed by atoms with Gasteiger partial charge in [0.05, 0.1) is 31.6 Å². The number of rotatable bonds is 5. The maximum absolute atomic E-state index is 6.30. The molecule has 1 unspecified atom stereocenters. The Balaban J connectivity index is 1.42. The monoisotopic (exact) mass is 430 g/mol. The van der Waals surface area contributed by atoms with Gasteiger partial charge in [-0.3, -0.25) is 0 Å². The minimum Gasteiger partial charge on any atom is -0.493 e. The first-order valence-electron chi connectivity index (χ1n) is 10.7. The van der Waals surface area contributed by atoms with Crippen LogP contribution in [0.4, 0.5) is 11.8 Å². The summed E-state index contributed by atoms with van der Waals surface area (Å²) in [6, 6.07) is 13.9. The van der Waals surface area contributed by atoms with Crippen LogP contribution >= 0.6 is 0 Å². The van der Waals surface area contributed by atoms with Crippen molar-refractivity contribution in [3.63, 3.8) is 0 Å². The third-order valence-electron chi connectivity index (χ3n) is 5.99. The summed E-state index contributed by atoms with van der Waals surface area (Å²) in [4.78, 5) is 19.8. The van der Waals surface area contributed by atoms with Crippen molar-refractivity contribution in [1.82, 2.24) is 19.9 Å². The molecule has 8 nitrogen and oxygen atoms in total. The predicted octanol–water partition coefficient (Wildman–Crippen LogP) is 4.00. The van der Waals surface area contributed by atoms with Gasteiger partial charge in [-0.2, -0.15) is 4.98 Å². The summed E-state index contributed by atoms with van der Waals surface area (Å²) in [5, 5.41) is 0.749. The van der Waals surface area contributed by atoms with Crippen molar-refractivity contribution in [2.45, 2.75) is 18.8 Å². The van der Waals surface area contributed by atoms with Crippen LogP contribution in [0.5, 0.6) is 11.5 Å². The lowest BCUT2D eigenvalue weighted by Crippen LogP contribution is -2.36. The van der Waals surface area contributed by atoms with Gasteiger partial charge in [0.25, 0.3) is 0 Å². The van der Waals surface area contributed by atoms with Crippen LogP contribution in [0, 0.1) is 0 Å². The molecule has 1 aliphatic heterocycles. The van der Waals surface area contributed by atoms with E-state index in [1.165, 1.54) is 0 Å². The molecule has 3 N–H and O–H groups in total. The van der Waals surface area contributed by atoms with Crippen LogP contribution in [0.2, 0.25) is 0 Å². The van der Waals surface area contributed by atoms with E-state index < -0.39 is 0 Å². The fourth-order valence-corrected chi connectivity index (χ4v) is 4.30. The van der Waals surface area contributed by atoms with Gasteiger partial charge in [-0.15, -0.1) is 0 Å². The summed E-state index contributed by atoms with van der Waals surface area (Å²) in [7, 11) is 3.21. The van der Waals surface area contributed by atoms with E-state index in [-0.39, 0.29) is 5.92 Å². The SMILES string of the molecule is COc1cc2nc(N3CCCC(c4ncc(-c5ccccc5)[nH]4)C3)nc(N)c2cc1OC. The Morgan fingerprint density at radius 2 is 1.84 bits per heavy atom. The summed E-state index contributed by atoms with van der Waals surface area (Å²) in [5.41, 5.74) is 9.20. The number of H-pyrrole nitrogens is 1. The Morgan fingerprint density at radius 1 is 1.06 bits per heavy atom. The number of ether oxygens (including phenoxy) is 2. The summed E-state index contributed by atoms with van der Waals surface area (Å²) in [5.74, 6) is 3.54. The number of piperidine rings is 1. The maximum Gasteiger partial charge on any atom is 0.227 e.